The molecule has 0 aliphatic heterocycles. The van der Waals surface area contributed by atoms with Crippen molar-refractivity contribution in [2.24, 2.45) is 5.92 Å². The summed E-state index contributed by atoms with van der Waals surface area (Å²) in [7, 11) is 1.82. The Morgan fingerprint density at radius 2 is 2.15 bits per heavy atom. The first-order chi connectivity index (χ1) is 6.07. The summed E-state index contributed by atoms with van der Waals surface area (Å²) in [5, 5.41) is 0. The van der Waals surface area contributed by atoms with E-state index in [0.717, 1.165) is 0 Å². The van der Waals surface area contributed by atoms with Crippen LogP contribution in [0.2, 0.25) is 0 Å². The number of likely N-dealkylation sites (N-methyl/N-ethyl adjacent to an activating group) is 1. The maximum Gasteiger partial charge on any atom is 0.157 e. The van der Waals surface area contributed by atoms with Crippen molar-refractivity contribution in [2.45, 2.75) is 13.8 Å². The van der Waals surface area contributed by atoms with Crippen molar-refractivity contribution >= 4 is 5.78 Å². The van der Waals surface area contributed by atoms with E-state index in [-0.39, 0.29) is 18.4 Å². The molecule has 76 valence electrons. The lowest BCUT2D eigenvalue weighted by molar-refractivity contribution is -0.117. The second kappa shape index (κ2) is 6.78. The van der Waals surface area contributed by atoms with Crippen LogP contribution in [0.25, 0.3) is 0 Å². The fourth-order valence-corrected chi connectivity index (χ4v) is 0.777. The smallest absolute Gasteiger partial charge is 0.157 e. The Bertz CT molecular complexity index is 178. The zero-order chi connectivity index (χ0) is 10.3. The molecular formula is C10H18FNO. The van der Waals surface area contributed by atoms with Gasteiger partial charge in [-0.3, -0.25) is 4.79 Å². The van der Waals surface area contributed by atoms with Gasteiger partial charge in [-0.1, -0.05) is 19.9 Å². The highest BCUT2D eigenvalue weighted by atomic mass is 19.1. The number of alkyl halides is 1. The van der Waals surface area contributed by atoms with Gasteiger partial charge in [-0.25, -0.2) is 4.39 Å². The van der Waals surface area contributed by atoms with E-state index in [1.54, 1.807) is 12.2 Å². The van der Waals surface area contributed by atoms with Crippen molar-refractivity contribution < 1.29 is 9.18 Å². The minimum atomic E-state index is -0.345. The molecule has 0 fully saturated rings. The number of nitrogens with zero attached hydrogens (tertiary/aromatic N) is 1. The highest BCUT2D eigenvalue weighted by Gasteiger charge is 2.01. The molecule has 0 heterocycles. The molecule has 0 saturated heterocycles. The molecule has 0 radical (unpaired) electrons. The summed E-state index contributed by atoms with van der Waals surface area (Å²) in [6.07, 6.45) is 3.34. The quantitative estimate of drug-likeness (QED) is 0.589. The van der Waals surface area contributed by atoms with E-state index in [0.29, 0.717) is 13.1 Å². The average molecular weight is 187 g/mol. The number of carbonyl (C=O) groups is 1. The molecule has 0 aromatic carbocycles. The monoisotopic (exact) mass is 187 g/mol. The van der Waals surface area contributed by atoms with Crippen molar-refractivity contribution in [1.82, 2.24) is 4.90 Å². The molecule has 0 amide bonds. The highest BCUT2D eigenvalue weighted by Crippen LogP contribution is 1.95. The number of hydrogen-bond acceptors (Lipinski definition) is 2. The summed E-state index contributed by atoms with van der Waals surface area (Å²) in [6.45, 7) is 4.42. The van der Waals surface area contributed by atoms with Crippen molar-refractivity contribution in [3.8, 4) is 0 Å². The molecule has 0 aliphatic carbocycles. The Balaban J connectivity index is 3.68. The lowest BCUT2D eigenvalue weighted by Crippen LogP contribution is -2.21. The van der Waals surface area contributed by atoms with Crippen LogP contribution in [0.15, 0.2) is 12.2 Å². The molecule has 2 nitrogen and oxygen atoms in total. The summed E-state index contributed by atoms with van der Waals surface area (Å²) in [5.74, 6) is 0.163. The van der Waals surface area contributed by atoms with Gasteiger partial charge in [0.05, 0.1) is 0 Å². The summed E-state index contributed by atoms with van der Waals surface area (Å²) >= 11 is 0. The number of allylic oxidation sites excluding steroid dienone is 1. The largest absolute Gasteiger partial charge is 0.300 e. The van der Waals surface area contributed by atoms with Crippen LogP contribution in [0.5, 0.6) is 0 Å². The van der Waals surface area contributed by atoms with Crippen LogP contribution in [0.1, 0.15) is 13.8 Å². The SMILES string of the molecule is CC(C)C(=O)/C=C/CN(C)CCF. The number of carbonyl (C=O) groups excluding carboxylic acids is 1. The molecule has 0 atom stereocenters. The Hall–Kier alpha value is -0.700. The van der Waals surface area contributed by atoms with Crippen LogP contribution in [0.3, 0.4) is 0 Å². The van der Waals surface area contributed by atoms with Gasteiger partial charge in [0, 0.05) is 19.0 Å². The molecule has 0 saturated carbocycles. The van der Waals surface area contributed by atoms with Crippen molar-refractivity contribution in [2.75, 3.05) is 26.8 Å². The van der Waals surface area contributed by atoms with E-state index in [1.807, 2.05) is 25.8 Å². The fourth-order valence-electron chi connectivity index (χ4n) is 0.777. The van der Waals surface area contributed by atoms with Gasteiger partial charge in [-0.15, -0.1) is 0 Å². The molecular weight excluding hydrogens is 169 g/mol. The molecule has 0 N–H and O–H groups in total. The molecule has 0 aliphatic rings. The summed E-state index contributed by atoms with van der Waals surface area (Å²) < 4.78 is 11.8. The van der Waals surface area contributed by atoms with Gasteiger partial charge in [-0.2, -0.15) is 0 Å². The van der Waals surface area contributed by atoms with Crippen LogP contribution in [-0.2, 0) is 4.79 Å². The first kappa shape index (κ1) is 12.3. The van der Waals surface area contributed by atoms with E-state index in [2.05, 4.69) is 0 Å². The molecule has 0 aromatic heterocycles. The standard InChI is InChI=1S/C10H18FNO/c1-9(2)10(13)5-4-7-12(3)8-6-11/h4-5,9H,6-8H2,1-3H3/b5-4+. The van der Waals surface area contributed by atoms with E-state index < -0.39 is 0 Å². The third-order valence-corrected chi connectivity index (χ3v) is 1.73. The lowest BCUT2D eigenvalue weighted by Gasteiger charge is -2.10. The van der Waals surface area contributed by atoms with Crippen LogP contribution in [-0.4, -0.2) is 37.5 Å². The summed E-state index contributed by atoms with van der Waals surface area (Å²) in [6, 6.07) is 0. The van der Waals surface area contributed by atoms with Crippen LogP contribution in [0, 0.1) is 5.92 Å². The van der Waals surface area contributed by atoms with Gasteiger partial charge in [0.25, 0.3) is 0 Å². The van der Waals surface area contributed by atoms with Crippen LogP contribution < -0.4 is 0 Å². The number of rotatable bonds is 6. The second-order valence-corrected chi connectivity index (χ2v) is 3.41. The summed E-state index contributed by atoms with van der Waals surface area (Å²) in [5.41, 5.74) is 0. The van der Waals surface area contributed by atoms with Crippen molar-refractivity contribution in [3.05, 3.63) is 12.2 Å². The maximum absolute atomic E-state index is 11.8. The molecule has 0 rings (SSSR count). The predicted octanol–water partition coefficient (Wildman–Crippen LogP) is 1.67. The lowest BCUT2D eigenvalue weighted by atomic mass is 10.1. The van der Waals surface area contributed by atoms with Crippen LogP contribution in [0.4, 0.5) is 4.39 Å². The highest BCUT2D eigenvalue weighted by molar-refractivity contribution is 5.91. The van der Waals surface area contributed by atoms with Gasteiger partial charge in [0.1, 0.15) is 6.67 Å². The minimum Gasteiger partial charge on any atom is -0.300 e. The minimum absolute atomic E-state index is 0.0442. The zero-order valence-corrected chi connectivity index (χ0v) is 8.59. The topological polar surface area (TPSA) is 20.3 Å². The molecule has 0 unspecified atom stereocenters. The van der Waals surface area contributed by atoms with E-state index in [9.17, 15) is 9.18 Å². The first-order valence-electron chi connectivity index (χ1n) is 4.52. The van der Waals surface area contributed by atoms with Gasteiger partial charge >= 0.3 is 0 Å². The maximum atomic E-state index is 11.8. The Labute approximate surface area is 79.4 Å². The molecule has 0 spiro atoms. The van der Waals surface area contributed by atoms with Crippen LogP contribution >= 0.6 is 0 Å². The van der Waals surface area contributed by atoms with E-state index >= 15 is 0 Å². The Morgan fingerprint density at radius 3 is 2.62 bits per heavy atom. The molecule has 3 heteroatoms. The second-order valence-electron chi connectivity index (χ2n) is 3.41. The Kier molecular flexibility index (Phi) is 6.41. The molecule has 0 aromatic rings. The van der Waals surface area contributed by atoms with Crippen molar-refractivity contribution in [3.63, 3.8) is 0 Å². The van der Waals surface area contributed by atoms with Gasteiger partial charge in [0.2, 0.25) is 0 Å². The number of halogens is 1. The Morgan fingerprint density at radius 1 is 1.54 bits per heavy atom. The number of hydrogen-bond donors (Lipinski definition) is 0. The number of ketones is 1. The fraction of sp³-hybridized carbons (Fsp3) is 0.700. The van der Waals surface area contributed by atoms with E-state index in [1.165, 1.54) is 0 Å². The molecule has 13 heavy (non-hydrogen) atoms. The third kappa shape index (κ3) is 6.46. The van der Waals surface area contributed by atoms with Gasteiger partial charge < -0.3 is 4.90 Å². The normalized spacial score (nSPS) is 11.8. The first-order valence-corrected chi connectivity index (χ1v) is 4.52. The van der Waals surface area contributed by atoms with Crippen molar-refractivity contribution in [1.29, 1.82) is 0 Å². The van der Waals surface area contributed by atoms with E-state index in [4.69, 9.17) is 0 Å². The third-order valence-electron chi connectivity index (χ3n) is 1.73. The van der Waals surface area contributed by atoms with Gasteiger partial charge in [0.15, 0.2) is 5.78 Å². The summed E-state index contributed by atoms with van der Waals surface area (Å²) in [4.78, 5) is 12.9. The zero-order valence-electron chi connectivity index (χ0n) is 8.59. The predicted molar refractivity (Wildman–Crippen MR) is 52.5 cm³/mol. The molecule has 0 bridgehead atoms. The van der Waals surface area contributed by atoms with Gasteiger partial charge in [-0.05, 0) is 13.1 Å². The average Bonchev–Trinajstić information content (AvgIpc) is 2.04.